The molecule has 1 aliphatic rings. The molecular weight excluding hydrogens is 422 g/mol. The van der Waals surface area contributed by atoms with E-state index in [0.29, 0.717) is 17.2 Å². The van der Waals surface area contributed by atoms with E-state index in [0.717, 1.165) is 55.2 Å². The Hall–Kier alpha value is -4.70. The summed E-state index contributed by atoms with van der Waals surface area (Å²) in [5, 5.41) is 4.45. The van der Waals surface area contributed by atoms with Crippen LogP contribution in [0.2, 0.25) is 0 Å². The van der Waals surface area contributed by atoms with Crippen molar-refractivity contribution in [3.8, 4) is 28.7 Å². The van der Waals surface area contributed by atoms with Crippen molar-refractivity contribution < 1.29 is 13.9 Å². The summed E-state index contributed by atoms with van der Waals surface area (Å²) in [6, 6.07) is 34.8. The van der Waals surface area contributed by atoms with Crippen molar-refractivity contribution in [3.05, 3.63) is 103 Å². The first-order valence-corrected chi connectivity index (χ1v) is 11.3. The van der Waals surface area contributed by atoms with Crippen molar-refractivity contribution in [2.24, 2.45) is 0 Å². The second kappa shape index (κ2) is 6.42. The predicted molar refractivity (Wildman–Crippen MR) is 135 cm³/mol. The number of rotatable bonds is 1. The first kappa shape index (κ1) is 17.8. The van der Waals surface area contributed by atoms with Crippen LogP contribution in [0.3, 0.4) is 0 Å². The molecule has 1 aliphatic heterocycles. The highest BCUT2D eigenvalue weighted by Gasteiger charge is 2.26. The lowest BCUT2D eigenvalue weighted by molar-refractivity contribution is 0.362. The first-order valence-electron chi connectivity index (χ1n) is 11.3. The van der Waals surface area contributed by atoms with Crippen LogP contribution in [0.5, 0.6) is 23.0 Å². The van der Waals surface area contributed by atoms with Gasteiger partial charge in [-0.1, -0.05) is 60.7 Å². The smallest absolute Gasteiger partial charge is 0.194 e. The van der Waals surface area contributed by atoms with Gasteiger partial charge in [-0.15, -0.1) is 0 Å². The third-order valence-electron chi connectivity index (χ3n) is 6.66. The largest absolute Gasteiger partial charge is 0.454 e. The molecule has 160 valence electrons. The van der Waals surface area contributed by atoms with Gasteiger partial charge in [0.05, 0.1) is 11.2 Å². The maximum absolute atomic E-state index is 6.48. The Morgan fingerprint density at radius 1 is 0.500 bits per heavy atom. The zero-order chi connectivity index (χ0) is 22.2. The molecule has 8 rings (SSSR count). The van der Waals surface area contributed by atoms with Crippen LogP contribution >= 0.6 is 0 Å². The minimum Gasteiger partial charge on any atom is -0.454 e. The molecule has 7 aromatic rings. The lowest BCUT2D eigenvalue weighted by Gasteiger charge is -2.22. The number of benzene rings is 5. The Kier molecular flexibility index (Phi) is 3.36. The van der Waals surface area contributed by atoms with Gasteiger partial charge >= 0.3 is 0 Å². The van der Waals surface area contributed by atoms with Gasteiger partial charge in [0.25, 0.3) is 0 Å². The molecule has 0 fully saturated rings. The first-order chi connectivity index (χ1) is 16.9. The molecule has 0 saturated carbocycles. The molecule has 0 aliphatic carbocycles. The fourth-order valence-electron chi connectivity index (χ4n) is 5.19. The minimum atomic E-state index is 0.701. The zero-order valence-corrected chi connectivity index (χ0v) is 18.0. The SMILES string of the molecule is c1ccc2c(c1)Oc1ccc3c4ccccc4n(-c4cccc5c4oc4ccccc45)c3c1O2. The molecule has 4 heteroatoms. The van der Waals surface area contributed by atoms with Gasteiger partial charge in [-0.3, -0.25) is 0 Å². The summed E-state index contributed by atoms with van der Waals surface area (Å²) in [7, 11) is 0. The van der Waals surface area contributed by atoms with Gasteiger partial charge < -0.3 is 18.5 Å². The normalized spacial score (nSPS) is 12.6. The van der Waals surface area contributed by atoms with E-state index >= 15 is 0 Å². The van der Waals surface area contributed by atoms with Crippen LogP contribution in [0.15, 0.2) is 108 Å². The van der Waals surface area contributed by atoms with Gasteiger partial charge in [0, 0.05) is 21.5 Å². The molecule has 0 bridgehead atoms. The van der Waals surface area contributed by atoms with Crippen LogP contribution in [-0.4, -0.2) is 4.57 Å². The van der Waals surface area contributed by atoms with Crippen molar-refractivity contribution in [3.63, 3.8) is 0 Å². The lowest BCUT2D eigenvalue weighted by Crippen LogP contribution is -2.02. The molecule has 0 unspecified atom stereocenters. The van der Waals surface area contributed by atoms with Gasteiger partial charge in [0.1, 0.15) is 11.1 Å². The summed E-state index contributed by atoms with van der Waals surface area (Å²) in [4.78, 5) is 0. The van der Waals surface area contributed by atoms with Gasteiger partial charge in [0.2, 0.25) is 0 Å². The Morgan fingerprint density at radius 3 is 2.15 bits per heavy atom. The van der Waals surface area contributed by atoms with Crippen LogP contribution < -0.4 is 9.47 Å². The van der Waals surface area contributed by atoms with Gasteiger partial charge in [0.15, 0.2) is 28.6 Å². The van der Waals surface area contributed by atoms with E-state index in [2.05, 4.69) is 59.2 Å². The molecule has 0 radical (unpaired) electrons. The molecule has 0 N–H and O–H groups in total. The third-order valence-corrected chi connectivity index (χ3v) is 6.66. The lowest BCUT2D eigenvalue weighted by atomic mass is 10.1. The number of aromatic nitrogens is 1. The fraction of sp³-hybridized carbons (Fsp3) is 0. The molecule has 3 heterocycles. The predicted octanol–water partition coefficient (Wildman–Crippen LogP) is 8.58. The summed E-state index contributed by atoms with van der Waals surface area (Å²) in [5.41, 5.74) is 4.74. The zero-order valence-electron chi connectivity index (χ0n) is 18.0. The molecule has 34 heavy (non-hydrogen) atoms. The Bertz CT molecular complexity index is 1930. The van der Waals surface area contributed by atoms with E-state index in [4.69, 9.17) is 13.9 Å². The van der Waals surface area contributed by atoms with Crippen LogP contribution in [0.25, 0.3) is 49.4 Å². The van der Waals surface area contributed by atoms with E-state index in [1.165, 1.54) is 0 Å². The van der Waals surface area contributed by atoms with Crippen LogP contribution in [0.4, 0.5) is 0 Å². The van der Waals surface area contributed by atoms with Gasteiger partial charge in [-0.25, -0.2) is 0 Å². The topological polar surface area (TPSA) is 36.5 Å². The molecule has 0 spiro atoms. The Balaban J connectivity index is 1.53. The maximum atomic E-state index is 6.48. The number of hydrogen-bond donors (Lipinski definition) is 0. The standard InChI is InChI=1S/C30H17NO3/c1-3-11-22-18(8-1)20-16-17-27-30(34-26-15-6-5-14-25(26)32-27)28(20)31(22)23-12-7-10-21-19-9-2-4-13-24(19)33-29(21)23/h1-17H. The number of para-hydroxylation sites is 5. The van der Waals surface area contributed by atoms with E-state index < -0.39 is 0 Å². The molecule has 0 saturated heterocycles. The summed E-state index contributed by atoms with van der Waals surface area (Å²) >= 11 is 0. The number of fused-ring (bicyclic) bond motifs is 9. The number of ether oxygens (including phenoxy) is 2. The fourth-order valence-corrected chi connectivity index (χ4v) is 5.19. The van der Waals surface area contributed by atoms with E-state index in [-0.39, 0.29) is 0 Å². The third kappa shape index (κ3) is 2.27. The van der Waals surface area contributed by atoms with Crippen molar-refractivity contribution in [1.82, 2.24) is 4.57 Å². The van der Waals surface area contributed by atoms with Crippen LogP contribution in [0, 0.1) is 0 Å². The van der Waals surface area contributed by atoms with Crippen molar-refractivity contribution in [2.45, 2.75) is 0 Å². The van der Waals surface area contributed by atoms with E-state index in [1.807, 2.05) is 48.5 Å². The summed E-state index contributed by atoms with van der Waals surface area (Å²) < 4.78 is 21.4. The van der Waals surface area contributed by atoms with Crippen LogP contribution in [-0.2, 0) is 0 Å². The molecule has 2 aromatic heterocycles. The highest BCUT2D eigenvalue weighted by atomic mass is 16.6. The highest BCUT2D eigenvalue weighted by Crippen LogP contribution is 2.51. The average Bonchev–Trinajstić information content (AvgIpc) is 3.44. The molecule has 4 nitrogen and oxygen atoms in total. The second-order valence-corrected chi connectivity index (χ2v) is 8.54. The minimum absolute atomic E-state index is 0.701. The highest BCUT2D eigenvalue weighted by molar-refractivity contribution is 6.14. The number of hydrogen-bond acceptors (Lipinski definition) is 3. The molecule has 0 amide bonds. The molecule has 0 atom stereocenters. The van der Waals surface area contributed by atoms with Crippen molar-refractivity contribution in [2.75, 3.05) is 0 Å². The van der Waals surface area contributed by atoms with Gasteiger partial charge in [-0.05, 0) is 42.5 Å². The average molecular weight is 439 g/mol. The van der Waals surface area contributed by atoms with Crippen LogP contribution in [0.1, 0.15) is 0 Å². The summed E-state index contributed by atoms with van der Waals surface area (Å²) in [5.74, 6) is 2.84. The Morgan fingerprint density at radius 2 is 1.24 bits per heavy atom. The van der Waals surface area contributed by atoms with E-state index in [1.54, 1.807) is 0 Å². The quantitative estimate of drug-likeness (QED) is 0.257. The van der Waals surface area contributed by atoms with E-state index in [9.17, 15) is 0 Å². The molecular formula is C30H17NO3. The number of furan rings is 1. The second-order valence-electron chi connectivity index (χ2n) is 8.54. The summed E-state index contributed by atoms with van der Waals surface area (Å²) in [6.45, 7) is 0. The van der Waals surface area contributed by atoms with Crippen molar-refractivity contribution >= 4 is 43.7 Å². The monoisotopic (exact) mass is 439 g/mol. The van der Waals surface area contributed by atoms with Crippen molar-refractivity contribution in [1.29, 1.82) is 0 Å². The Labute approximate surface area is 194 Å². The summed E-state index contributed by atoms with van der Waals surface area (Å²) in [6.07, 6.45) is 0. The molecule has 5 aromatic carbocycles. The number of nitrogens with zero attached hydrogens (tertiary/aromatic N) is 1. The van der Waals surface area contributed by atoms with Gasteiger partial charge in [-0.2, -0.15) is 0 Å². The maximum Gasteiger partial charge on any atom is 0.194 e.